The Morgan fingerprint density at radius 1 is 1.17 bits per heavy atom. The van der Waals surface area contributed by atoms with Gasteiger partial charge in [0.15, 0.2) is 5.78 Å². The lowest BCUT2D eigenvalue weighted by molar-refractivity contribution is -0.156. The van der Waals surface area contributed by atoms with Gasteiger partial charge >= 0.3 is 5.97 Å². The standard InChI is InChI=1S/C15H19N3O5/c1-9(19)18(14(21)8-17)12(15(22)23)6-10-3-2-4-11(5-10)13(20)7-16/h2-5,12H,6-8,16-17H2,1H3,(H,22,23). The van der Waals surface area contributed by atoms with E-state index in [-0.39, 0.29) is 18.7 Å². The maximum absolute atomic E-state index is 11.8. The van der Waals surface area contributed by atoms with Crippen LogP contribution in [-0.2, 0) is 20.8 Å². The largest absolute Gasteiger partial charge is 0.480 e. The van der Waals surface area contributed by atoms with E-state index in [1.165, 1.54) is 6.07 Å². The van der Waals surface area contributed by atoms with Gasteiger partial charge in [0.1, 0.15) is 6.04 Å². The molecule has 0 aliphatic heterocycles. The molecule has 1 unspecified atom stereocenters. The lowest BCUT2D eigenvalue weighted by Gasteiger charge is -2.25. The van der Waals surface area contributed by atoms with E-state index in [0.29, 0.717) is 16.0 Å². The predicted molar refractivity (Wildman–Crippen MR) is 81.5 cm³/mol. The highest BCUT2D eigenvalue weighted by Gasteiger charge is 2.32. The lowest BCUT2D eigenvalue weighted by Crippen LogP contribution is -2.51. The van der Waals surface area contributed by atoms with Gasteiger partial charge in [0, 0.05) is 18.9 Å². The van der Waals surface area contributed by atoms with Crippen LogP contribution in [0.1, 0.15) is 22.8 Å². The molecule has 0 aliphatic carbocycles. The predicted octanol–water partition coefficient (Wildman–Crippen LogP) is -0.842. The number of amides is 2. The monoisotopic (exact) mass is 321 g/mol. The number of hydrogen-bond acceptors (Lipinski definition) is 6. The molecule has 8 heteroatoms. The van der Waals surface area contributed by atoms with Gasteiger partial charge in [-0.1, -0.05) is 18.2 Å². The SMILES string of the molecule is CC(=O)N(C(=O)CN)C(Cc1cccc(C(=O)CN)c1)C(=O)O. The number of benzene rings is 1. The summed E-state index contributed by atoms with van der Waals surface area (Å²) >= 11 is 0. The van der Waals surface area contributed by atoms with Crippen molar-refractivity contribution < 1.29 is 24.3 Å². The number of imide groups is 1. The number of carboxylic acid groups (broad SMARTS) is 1. The zero-order valence-corrected chi connectivity index (χ0v) is 12.7. The molecule has 0 bridgehead atoms. The van der Waals surface area contributed by atoms with Crippen LogP contribution in [0.25, 0.3) is 0 Å². The van der Waals surface area contributed by atoms with Crippen LogP contribution in [0.5, 0.6) is 0 Å². The molecule has 0 fully saturated rings. The van der Waals surface area contributed by atoms with Gasteiger partial charge in [-0.25, -0.2) is 4.79 Å². The second-order valence-corrected chi connectivity index (χ2v) is 4.87. The van der Waals surface area contributed by atoms with E-state index in [9.17, 15) is 24.3 Å². The Labute approximate surface area is 133 Å². The van der Waals surface area contributed by atoms with Crippen molar-refractivity contribution in [3.05, 3.63) is 35.4 Å². The van der Waals surface area contributed by atoms with Crippen LogP contribution >= 0.6 is 0 Å². The molecule has 0 radical (unpaired) electrons. The Morgan fingerprint density at radius 2 is 1.83 bits per heavy atom. The second-order valence-electron chi connectivity index (χ2n) is 4.87. The van der Waals surface area contributed by atoms with Gasteiger partial charge in [0.2, 0.25) is 11.8 Å². The highest BCUT2D eigenvalue weighted by Crippen LogP contribution is 2.13. The number of carbonyl (C=O) groups is 4. The van der Waals surface area contributed by atoms with Crippen molar-refractivity contribution in [3.8, 4) is 0 Å². The van der Waals surface area contributed by atoms with Gasteiger partial charge in [0.25, 0.3) is 0 Å². The molecule has 1 aromatic rings. The van der Waals surface area contributed by atoms with Crippen LogP contribution < -0.4 is 11.5 Å². The van der Waals surface area contributed by atoms with E-state index >= 15 is 0 Å². The van der Waals surface area contributed by atoms with E-state index in [2.05, 4.69) is 0 Å². The minimum Gasteiger partial charge on any atom is -0.480 e. The fraction of sp³-hybridized carbons (Fsp3) is 0.333. The molecule has 0 aliphatic rings. The summed E-state index contributed by atoms with van der Waals surface area (Å²) in [6.07, 6.45) is -0.133. The number of carboxylic acids is 1. The Balaban J connectivity index is 3.13. The van der Waals surface area contributed by atoms with Crippen molar-refractivity contribution in [2.45, 2.75) is 19.4 Å². The third-order valence-corrected chi connectivity index (χ3v) is 3.24. The number of ketones is 1. The lowest BCUT2D eigenvalue weighted by atomic mass is 10.0. The molecule has 0 saturated heterocycles. The molecule has 2 amide bonds. The number of carbonyl (C=O) groups excluding carboxylic acids is 3. The molecular weight excluding hydrogens is 302 g/mol. The molecule has 5 N–H and O–H groups in total. The maximum atomic E-state index is 11.8. The molecule has 1 aromatic carbocycles. The van der Waals surface area contributed by atoms with Gasteiger partial charge in [-0.15, -0.1) is 0 Å². The van der Waals surface area contributed by atoms with E-state index in [1.54, 1.807) is 18.2 Å². The Morgan fingerprint density at radius 3 is 2.30 bits per heavy atom. The van der Waals surface area contributed by atoms with Crippen molar-refractivity contribution in [1.29, 1.82) is 0 Å². The highest BCUT2D eigenvalue weighted by molar-refractivity contribution is 5.99. The first-order valence-corrected chi connectivity index (χ1v) is 6.89. The van der Waals surface area contributed by atoms with Crippen molar-refractivity contribution in [2.75, 3.05) is 13.1 Å². The van der Waals surface area contributed by atoms with Crippen molar-refractivity contribution in [2.24, 2.45) is 11.5 Å². The van der Waals surface area contributed by atoms with Crippen LogP contribution in [0.15, 0.2) is 24.3 Å². The zero-order chi connectivity index (χ0) is 17.6. The first-order valence-electron chi connectivity index (χ1n) is 6.89. The number of hydrogen-bond donors (Lipinski definition) is 3. The van der Waals surface area contributed by atoms with Gasteiger partial charge in [0.05, 0.1) is 13.1 Å². The fourth-order valence-corrected chi connectivity index (χ4v) is 2.17. The Hall–Kier alpha value is -2.58. The van der Waals surface area contributed by atoms with Crippen molar-refractivity contribution in [1.82, 2.24) is 4.90 Å². The smallest absolute Gasteiger partial charge is 0.327 e. The number of aliphatic carboxylic acids is 1. The van der Waals surface area contributed by atoms with E-state index in [0.717, 1.165) is 6.92 Å². The number of rotatable bonds is 7. The van der Waals surface area contributed by atoms with Gasteiger partial charge < -0.3 is 16.6 Å². The summed E-state index contributed by atoms with van der Waals surface area (Å²) < 4.78 is 0. The Kier molecular flexibility index (Phi) is 6.55. The summed E-state index contributed by atoms with van der Waals surface area (Å²) in [5, 5.41) is 9.35. The van der Waals surface area contributed by atoms with Crippen LogP contribution in [0.2, 0.25) is 0 Å². The average molecular weight is 321 g/mol. The van der Waals surface area contributed by atoms with Crippen LogP contribution in [-0.4, -0.2) is 52.7 Å². The summed E-state index contributed by atoms with van der Waals surface area (Å²) in [4.78, 5) is 47.1. The molecule has 0 saturated carbocycles. The quantitative estimate of drug-likeness (QED) is 0.555. The number of nitrogens with two attached hydrogens (primary N) is 2. The highest BCUT2D eigenvalue weighted by atomic mass is 16.4. The van der Waals surface area contributed by atoms with E-state index in [4.69, 9.17) is 11.5 Å². The minimum atomic E-state index is -1.40. The van der Waals surface area contributed by atoms with E-state index < -0.39 is 30.4 Å². The molecule has 0 aromatic heterocycles. The maximum Gasteiger partial charge on any atom is 0.327 e. The summed E-state index contributed by atoms with van der Waals surface area (Å²) in [5.41, 5.74) is 11.4. The molecule has 1 atom stereocenters. The molecule has 124 valence electrons. The van der Waals surface area contributed by atoms with Crippen LogP contribution in [0.3, 0.4) is 0 Å². The molecule has 0 spiro atoms. The number of Topliss-reactive ketones (excluding diaryl/α,β-unsaturated/α-hetero) is 1. The molecule has 23 heavy (non-hydrogen) atoms. The molecule has 0 heterocycles. The first-order chi connectivity index (χ1) is 10.8. The van der Waals surface area contributed by atoms with E-state index in [1.807, 2.05) is 0 Å². The third kappa shape index (κ3) is 4.70. The Bertz CT molecular complexity index is 629. The second kappa shape index (κ2) is 8.16. The third-order valence-electron chi connectivity index (χ3n) is 3.24. The molecule has 1 rings (SSSR count). The topological polar surface area (TPSA) is 144 Å². The van der Waals surface area contributed by atoms with Crippen molar-refractivity contribution >= 4 is 23.6 Å². The summed E-state index contributed by atoms with van der Waals surface area (Å²) in [6.45, 7) is 0.448. The summed E-state index contributed by atoms with van der Waals surface area (Å²) in [7, 11) is 0. The van der Waals surface area contributed by atoms with Crippen LogP contribution in [0, 0.1) is 0 Å². The van der Waals surface area contributed by atoms with Gasteiger partial charge in [-0.05, 0) is 11.6 Å². The van der Waals surface area contributed by atoms with Crippen LogP contribution in [0.4, 0.5) is 0 Å². The summed E-state index contributed by atoms with van der Waals surface area (Å²) in [6, 6.07) is 4.85. The van der Waals surface area contributed by atoms with Crippen molar-refractivity contribution in [3.63, 3.8) is 0 Å². The normalized spacial score (nSPS) is 11.6. The van der Waals surface area contributed by atoms with Gasteiger partial charge in [-0.3, -0.25) is 19.3 Å². The molecule has 8 nitrogen and oxygen atoms in total. The first kappa shape index (κ1) is 18.5. The minimum absolute atomic E-state index is 0.133. The zero-order valence-electron chi connectivity index (χ0n) is 12.7. The summed E-state index contributed by atoms with van der Waals surface area (Å²) in [5.74, 6) is -3.11. The number of nitrogens with zero attached hydrogens (tertiary/aromatic N) is 1. The van der Waals surface area contributed by atoms with Gasteiger partial charge in [-0.2, -0.15) is 0 Å². The molecular formula is C15H19N3O5. The fourth-order valence-electron chi connectivity index (χ4n) is 2.17. The average Bonchev–Trinajstić information content (AvgIpc) is 2.52.